The highest BCUT2D eigenvalue weighted by atomic mass is 16.5. The Labute approximate surface area is 183 Å². The van der Waals surface area contributed by atoms with Gasteiger partial charge in [-0.1, -0.05) is 12.1 Å². The molecule has 1 fully saturated rings. The third kappa shape index (κ3) is 4.58. The summed E-state index contributed by atoms with van der Waals surface area (Å²) in [6, 6.07) is 9.82. The van der Waals surface area contributed by atoms with Gasteiger partial charge in [-0.05, 0) is 68.0 Å². The van der Waals surface area contributed by atoms with E-state index in [1.54, 1.807) is 19.5 Å². The van der Waals surface area contributed by atoms with Gasteiger partial charge in [0.15, 0.2) is 0 Å². The average Bonchev–Trinajstić information content (AvgIpc) is 2.80. The average molecular weight is 417 g/mol. The Kier molecular flexibility index (Phi) is 6.26. The smallest absolute Gasteiger partial charge is 0.227 e. The molecule has 0 N–H and O–H groups in total. The number of amides is 1. The third-order valence-corrected chi connectivity index (χ3v) is 5.88. The number of nitrogens with zero attached hydrogens (tertiary/aromatic N) is 4. The van der Waals surface area contributed by atoms with Crippen molar-refractivity contribution < 1.29 is 9.53 Å². The van der Waals surface area contributed by atoms with Gasteiger partial charge in [0.2, 0.25) is 5.91 Å². The van der Waals surface area contributed by atoms with Crippen LogP contribution in [0.3, 0.4) is 0 Å². The number of pyridine rings is 1. The largest absolute Gasteiger partial charge is 0.496 e. The van der Waals surface area contributed by atoms with Gasteiger partial charge in [-0.2, -0.15) is 0 Å². The number of carbonyl (C=O) groups is 1. The van der Waals surface area contributed by atoms with Crippen LogP contribution in [0.5, 0.6) is 5.75 Å². The number of likely N-dealkylation sites (tertiary alicyclic amines) is 1. The lowest BCUT2D eigenvalue weighted by molar-refractivity contribution is -0.134. The summed E-state index contributed by atoms with van der Waals surface area (Å²) in [6.45, 7) is 4.65. The van der Waals surface area contributed by atoms with E-state index in [1.807, 2.05) is 55.3 Å². The minimum absolute atomic E-state index is 0.0505. The maximum atomic E-state index is 13.4. The molecule has 0 saturated carbocycles. The van der Waals surface area contributed by atoms with Crippen LogP contribution in [-0.4, -0.2) is 39.4 Å². The fraction of sp³-hybridized carbons (Fsp3) is 0.360. The van der Waals surface area contributed by atoms with Gasteiger partial charge in [0.05, 0.1) is 25.3 Å². The van der Waals surface area contributed by atoms with Gasteiger partial charge in [-0.25, -0.2) is 9.97 Å². The summed E-state index contributed by atoms with van der Waals surface area (Å²) in [7, 11) is 1.66. The van der Waals surface area contributed by atoms with E-state index in [9.17, 15) is 4.79 Å². The van der Waals surface area contributed by atoms with Crippen LogP contribution in [0.15, 0.2) is 48.9 Å². The number of carbonyl (C=O) groups excluding carboxylic acids is 1. The summed E-state index contributed by atoms with van der Waals surface area (Å²) in [4.78, 5) is 28.8. The minimum Gasteiger partial charge on any atom is -0.496 e. The molecule has 0 bridgehead atoms. The minimum atomic E-state index is -0.0505. The van der Waals surface area contributed by atoms with Crippen LogP contribution in [0.2, 0.25) is 0 Å². The van der Waals surface area contributed by atoms with Crippen LogP contribution in [0.1, 0.15) is 47.9 Å². The van der Waals surface area contributed by atoms with Gasteiger partial charge in [0.25, 0.3) is 0 Å². The molecule has 160 valence electrons. The first-order valence-electron chi connectivity index (χ1n) is 10.7. The first-order valence-corrected chi connectivity index (χ1v) is 10.7. The second-order valence-corrected chi connectivity index (χ2v) is 8.03. The molecule has 6 nitrogen and oxygen atoms in total. The zero-order valence-corrected chi connectivity index (χ0v) is 18.3. The molecule has 31 heavy (non-hydrogen) atoms. The molecular weight excluding hydrogens is 388 g/mol. The maximum Gasteiger partial charge on any atom is 0.227 e. The van der Waals surface area contributed by atoms with Crippen molar-refractivity contribution in [3.8, 4) is 16.9 Å². The predicted molar refractivity (Wildman–Crippen MR) is 120 cm³/mol. The van der Waals surface area contributed by atoms with Gasteiger partial charge >= 0.3 is 0 Å². The fourth-order valence-electron chi connectivity index (χ4n) is 4.34. The van der Waals surface area contributed by atoms with E-state index in [2.05, 4.69) is 9.97 Å². The fourth-order valence-corrected chi connectivity index (χ4v) is 4.34. The van der Waals surface area contributed by atoms with Crippen molar-refractivity contribution >= 4 is 5.91 Å². The maximum absolute atomic E-state index is 13.4. The lowest BCUT2D eigenvalue weighted by atomic mass is 9.93. The van der Waals surface area contributed by atoms with Crippen LogP contribution in [0.4, 0.5) is 0 Å². The van der Waals surface area contributed by atoms with Gasteiger partial charge in [-0.3, -0.25) is 9.78 Å². The molecule has 1 aliphatic rings. The molecule has 0 radical (unpaired) electrons. The molecule has 1 aliphatic heterocycles. The van der Waals surface area contributed by atoms with E-state index in [1.165, 1.54) is 0 Å². The Morgan fingerprint density at radius 3 is 2.71 bits per heavy atom. The summed E-state index contributed by atoms with van der Waals surface area (Å²) < 4.78 is 5.35. The monoisotopic (exact) mass is 416 g/mol. The first kappa shape index (κ1) is 21.0. The van der Waals surface area contributed by atoms with Crippen molar-refractivity contribution in [1.29, 1.82) is 0 Å². The number of hydrogen-bond donors (Lipinski definition) is 0. The summed E-state index contributed by atoms with van der Waals surface area (Å²) >= 11 is 0. The van der Waals surface area contributed by atoms with E-state index in [0.29, 0.717) is 6.42 Å². The van der Waals surface area contributed by atoms with Crippen molar-refractivity contribution in [2.45, 2.75) is 45.6 Å². The topological polar surface area (TPSA) is 68.2 Å². The molecule has 1 aromatic carbocycles. The molecule has 1 saturated heterocycles. The number of methoxy groups -OCH3 is 1. The SMILES string of the molecule is COc1ccc(CC(=O)N2CCCCC2c2nc(C)ncc2-c2ccncc2)cc1C. The molecule has 1 unspecified atom stereocenters. The van der Waals surface area contributed by atoms with Crippen molar-refractivity contribution in [3.05, 3.63) is 71.6 Å². The van der Waals surface area contributed by atoms with Crippen molar-refractivity contribution in [3.63, 3.8) is 0 Å². The lowest BCUT2D eigenvalue weighted by Crippen LogP contribution is -2.40. The van der Waals surface area contributed by atoms with E-state index in [-0.39, 0.29) is 11.9 Å². The number of ether oxygens (including phenoxy) is 1. The molecule has 0 spiro atoms. The lowest BCUT2D eigenvalue weighted by Gasteiger charge is -2.36. The van der Waals surface area contributed by atoms with Crippen LogP contribution < -0.4 is 4.74 Å². The van der Waals surface area contributed by atoms with Crippen LogP contribution >= 0.6 is 0 Å². The predicted octanol–water partition coefficient (Wildman–Crippen LogP) is 4.46. The summed E-state index contributed by atoms with van der Waals surface area (Å²) in [5.74, 6) is 1.69. The van der Waals surface area contributed by atoms with Gasteiger partial charge in [0.1, 0.15) is 11.6 Å². The molecule has 6 heteroatoms. The normalized spacial score (nSPS) is 16.2. The molecule has 3 aromatic rings. The zero-order chi connectivity index (χ0) is 21.8. The van der Waals surface area contributed by atoms with Crippen molar-refractivity contribution in [2.24, 2.45) is 0 Å². The van der Waals surface area contributed by atoms with Gasteiger partial charge < -0.3 is 9.64 Å². The van der Waals surface area contributed by atoms with Crippen molar-refractivity contribution in [2.75, 3.05) is 13.7 Å². The Hall–Kier alpha value is -3.28. The molecule has 1 amide bonds. The van der Waals surface area contributed by atoms with E-state index < -0.39 is 0 Å². The molecule has 3 heterocycles. The van der Waals surface area contributed by atoms with E-state index in [0.717, 1.165) is 65.3 Å². The first-order chi connectivity index (χ1) is 15.1. The Morgan fingerprint density at radius 1 is 1.16 bits per heavy atom. The highest BCUT2D eigenvalue weighted by molar-refractivity contribution is 5.80. The van der Waals surface area contributed by atoms with Crippen LogP contribution in [-0.2, 0) is 11.2 Å². The summed E-state index contributed by atoms with van der Waals surface area (Å²) in [5, 5.41) is 0. The molecule has 2 aromatic heterocycles. The Bertz CT molecular complexity index is 1070. The number of aryl methyl sites for hydroxylation is 2. The molecule has 0 aliphatic carbocycles. The van der Waals surface area contributed by atoms with E-state index >= 15 is 0 Å². The van der Waals surface area contributed by atoms with Crippen LogP contribution in [0.25, 0.3) is 11.1 Å². The number of hydrogen-bond acceptors (Lipinski definition) is 5. The molecule has 4 rings (SSSR count). The number of aromatic nitrogens is 3. The quantitative estimate of drug-likeness (QED) is 0.614. The van der Waals surface area contributed by atoms with Gasteiger partial charge in [-0.15, -0.1) is 0 Å². The second kappa shape index (κ2) is 9.25. The molecular formula is C25H28N4O2. The van der Waals surface area contributed by atoms with E-state index in [4.69, 9.17) is 9.72 Å². The van der Waals surface area contributed by atoms with Gasteiger partial charge in [0, 0.05) is 30.7 Å². The van der Waals surface area contributed by atoms with Crippen LogP contribution in [0, 0.1) is 13.8 Å². The standard InChI is InChI=1S/C25H28N4O2/c1-17-14-19(7-8-23(17)31-3)15-24(30)29-13-5-4-6-22(29)25-21(16-27-18(2)28-25)20-9-11-26-12-10-20/h7-12,14,16,22H,4-6,13,15H2,1-3H3. The zero-order valence-electron chi connectivity index (χ0n) is 18.3. The number of piperidine rings is 1. The summed E-state index contributed by atoms with van der Waals surface area (Å²) in [5.41, 5.74) is 4.96. The highest BCUT2D eigenvalue weighted by Gasteiger charge is 2.31. The number of rotatable bonds is 5. The molecule has 1 atom stereocenters. The number of benzene rings is 1. The Balaban J connectivity index is 1.64. The highest BCUT2D eigenvalue weighted by Crippen LogP contribution is 2.36. The Morgan fingerprint density at radius 2 is 1.97 bits per heavy atom. The second-order valence-electron chi connectivity index (χ2n) is 8.03. The van der Waals surface area contributed by atoms with Crippen molar-refractivity contribution in [1.82, 2.24) is 19.9 Å². The third-order valence-electron chi connectivity index (χ3n) is 5.88. The summed E-state index contributed by atoms with van der Waals surface area (Å²) in [6.07, 6.45) is 8.78.